The summed E-state index contributed by atoms with van der Waals surface area (Å²) < 4.78 is 5.57. The Morgan fingerprint density at radius 1 is 0.926 bits per heavy atom. The molecule has 0 saturated heterocycles. The Bertz CT molecular complexity index is 1070. The van der Waals surface area contributed by atoms with Gasteiger partial charge in [0.1, 0.15) is 5.76 Å². The average molecular weight is 357 g/mol. The fraction of sp³-hybridized carbons (Fsp3) is 0.217. The Balaban J connectivity index is 1.73. The van der Waals surface area contributed by atoms with E-state index in [1.165, 1.54) is 0 Å². The molecule has 1 atom stereocenters. The summed E-state index contributed by atoms with van der Waals surface area (Å²) >= 11 is 0. The first kappa shape index (κ1) is 16.1. The van der Waals surface area contributed by atoms with Crippen LogP contribution in [0.15, 0.2) is 76.5 Å². The number of Topliss-reactive ketones (excluding diaryl/α,β-unsaturated/α-hetero) is 1. The van der Waals surface area contributed by atoms with Crippen LogP contribution in [-0.4, -0.2) is 11.7 Å². The minimum atomic E-state index is -0.276. The monoisotopic (exact) mass is 357 g/mol. The number of allylic oxidation sites excluding steroid dienone is 2. The molecule has 134 valence electrons. The molecule has 3 aromatic rings. The van der Waals surface area contributed by atoms with Gasteiger partial charge in [-0.3, -0.25) is 14.5 Å². The Morgan fingerprint density at radius 3 is 2.63 bits per heavy atom. The molecular formula is C23H19NO3. The molecule has 2 heterocycles. The quantitative estimate of drug-likeness (QED) is 0.651. The molecule has 0 N–H and O–H groups in total. The number of nitrogens with zero attached hydrogens (tertiary/aromatic N) is 1. The zero-order chi connectivity index (χ0) is 18.4. The summed E-state index contributed by atoms with van der Waals surface area (Å²) in [6.07, 6.45) is 3.89. The van der Waals surface area contributed by atoms with Crippen molar-refractivity contribution >= 4 is 28.2 Å². The van der Waals surface area contributed by atoms with Crippen LogP contribution in [0.1, 0.15) is 37.4 Å². The predicted molar refractivity (Wildman–Crippen MR) is 103 cm³/mol. The molecule has 0 fully saturated rings. The smallest absolute Gasteiger partial charge is 0.232 e. The minimum absolute atomic E-state index is 0.0150. The van der Waals surface area contributed by atoms with E-state index in [9.17, 15) is 9.59 Å². The highest BCUT2D eigenvalue weighted by Gasteiger charge is 2.41. The van der Waals surface area contributed by atoms with Crippen molar-refractivity contribution in [1.29, 1.82) is 0 Å². The molecule has 1 aliphatic heterocycles. The summed E-state index contributed by atoms with van der Waals surface area (Å²) in [6.45, 7) is 0. The second kappa shape index (κ2) is 6.23. The maximum absolute atomic E-state index is 13.2. The van der Waals surface area contributed by atoms with E-state index in [1.54, 1.807) is 11.2 Å². The first-order valence-corrected chi connectivity index (χ1v) is 9.34. The number of rotatable bonds is 2. The van der Waals surface area contributed by atoms with Crippen molar-refractivity contribution in [2.45, 2.75) is 31.6 Å². The van der Waals surface area contributed by atoms with E-state index in [4.69, 9.17) is 4.42 Å². The van der Waals surface area contributed by atoms with Gasteiger partial charge in [-0.1, -0.05) is 36.4 Å². The number of benzene rings is 2. The second-order valence-corrected chi connectivity index (χ2v) is 7.14. The van der Waals surface area contributed by atoms with Crippen LogP contribution in [0.4, 0.5) is 5.69 Å². The second-order valence-electron chi connectivity index (χ2n) is 7.14. The number of hydrogen-bond acceptors (Lipinski definition) is 3. The number of amides is 1. The molecule has 27 heavy (non-hydrogen) atoms. The van der Waals surface area contributed by atoms with Crippen molar-refractivity contribution < 1.29 is 14.0 Å². The third-order valence-electron chi connectivity index (χ3n) is 5.57. The lowest BCUT2D eigenvalue weighted by atomic mass is 9.79. The van der Waals surface area contributed by atoms with Crippen molar-refractivity contribution in [2.75, 3.05) is 4.90 Å². The SMILES string of the molecule is O=C1CCCC2=C1C(c1ccco1)CC(=O)N2c1cccc2ccccc12. The standard InChI is InChI=1S/C23H19NO3/c25-20-11-4-10-19-23(20)17(21-12-5-13-27-21)14-22(26)24(19)18-9-3-7-15-6-1-2-8-16(15)18/h1-3,5-9,12-13,17H,4,10-11,14H2. The van der Waals surface area contributed by atoms with Gasteiger partial charge in [0.25, 0.3) is 0 Å². The highest BCUT2D eigenvalue weighted by molar-refractivity contribution is 6.11. The Labute approximate surface area is 157 Å². The molecule has 1 aliphatic carbocycles. The molecule has 4 nitrogen and oxygen atoms in total. The number of carbonyl (C=O) groups is 2. The fourth-order valence-corrected chi connectivity index (χ4v) is 4.41. The predicted octanol–water partition coefficient (Wildman–Crippen LogP) is 4.96. The molecule has 2 aliphatic rings. The average Bonchev–Trinajstić information content (AvgIpc) is 3.22. The molecule has 0 bridgehead atoms. The van der Waals surface area contributed by atoms with Gasteiger partial charge in [-0.25, -0.2) is 0 Å². The van der Waals surface area contributed by atoms with Gasteiger partial charge in [-0.05, 0) is 36.4 Å². The van der Waals surface area contributed by atoms with Crippen LogP contribution < -0.4 is 4.90 Å². The van der Waals surface area contributed by atoms with Gasteiger partial charge in [0.05, 0.1) is 17.9 Å². The Hall–Kier alpha value is -3.14. The molecule has 0 spiro atoms. The molecule has 0 saturated carbocycles. The maximum atomic E-state index is 13.2. The topological polar surface area (TPSA) is 50.5 Å². The molecular weight excluding hydrogens is 338 g/mol. The van der Waals surface area contributed by atoms with Crippen molar-refractivity contribution in [1.82, 2.24) is 0 Å². The van der Waals surface area contributed by atoms with E-state index in [1.807, 2.05) is 54.6 Å². The number of furan rings is 1. The van der Waals surface area contributed by atoms with Crippen molar-refractivity contribution in [3.63, 3.8) is 0 Å². The summed E-state index contributed by atoms with van der Waals surface area (Å²) in [4.78, 5) is 27.9. The van der Waals surface area contributed by atoms with Gasteiger partial charge in [0.2, 0.25) is 5.91 Å². The molecule has 1 amide bonds. The van der Waals surface area contributed by atoms with E-state index in [-0.39, 0.29) is 24.0 Å². The van der Waals surface area contributed by atoms with Gasteiger partial charge in [0.15, 0.2) is 5.78 Å². The van der Waals surface area contributed by atoms with E-state index < -0.39 is 0 Å². The summed E-state index contributed by atoms with van der Waals surface area (Å²) in [5.41, 5.74) is 2.46. The van der Waals surface area contributed by atoms with E-state index in [0.29, 0.717) is 12.2 Å². The van der Waals surface area contributed by atoms with Gasteiger partial charge >= 0.3 is 0 Å². The number of ketones is 1. The van der Waals surface area contributed by atoms with Crippen LogP contribution >= 0.6 is 0 Å². The van der Waals surface area contributed by atoms with Crippen molar-refractivity contribution in [3.05, 3.63) is 77.9 Å². The molecule has 1 aromatic heterocycles. The lowest BCUT2D eigenvalue weighted by Gasteiger charge is -2.38. The molecule has 5 rings (SSSR count). The maximum Gasteiger partial charge on any atom is 0.232 e. The molecule has 2 aromatic carbocycles. The minimum Gasteiger partial charge on any atom is -0.469 e. The van der Waals surface area contributed by atoms with E-state index in [0.717, 1.165) is 40.6 Å². The zero-order valence-electron chi connectivity index (χ0n) is 14.9. The normalized spacial score (nSPS) is 20.3. The molecule has 1 unspecified atom stereocenters. The van der Waals surface area contributed by atoms with Gasteiger partial charge < -0.3 is 4.42 Å². The van der Waals surface area contributed by atoms with Gasteiger partial charge in [-0.15, -0.1) is 0 Å². The lowest BCUT2D eigenvalue weighted by Crippen LogP contribution is -2.40. The van der Waals surface area contributed by atoms with Gasteiger partial charge in [-0.2, -0.15) is 0 Å². The van der Waals surface area contributed by atoms with Crippen LogP contribution in [0.25, 0.3) is 10.8 Å². The fourth-order valence-electron chi connectivity index (χ4n) is 4.41. The lowest BCUT2D eigenvalue weighted by molar-refractivity contribution is -0.120. The number of anilines is 1. The van der Waals surface area contributed by atoms with Crippen molar-refractivity contribution in [3.8, 4) is 0 Å². The number of fused-ring (bicyclic) bond motifs is 1. The summed E-state index contributed by atoms with van der Waals surface area (Å²) in [5, 5.41) is 2.11. The van der Waals surface area contributed by atoms with Crippen LogP contribution in [0.5, 0.6) is 0 Å². The molecule has 4 heteroatoms. The zero-order valence-corrected chi connectivity index (χ0v) is 14.9. The van der Waals surface area contributed by atoms with E-state index >= 15 is 0 Å². The highest BCUT2D eigenvalue weighted by atomic mass is 16.3. The molecule has 0 radical (unpaired) electrons. The largest absolute Gasteiger partial charge is 0.469 e. The Kier molecular flexibility index (Phi) is 3.71. The van der Waals surface area contributed by atoms with Crippen molar-refractivity contribution in [2.24, 2.45) is 0 Å². The number of carbonyl (C=O) groups excluding carboxylic acids is 2. The highest BCUT2D eigenvalue weighted by Crippen LogP contribution is 2.44. The number of hydrogen-bond donors (Lipinski definition) is 0. The van der Waals surface area contributed by atoms with E-state index in [2.05, 4.69) is 0 Å². The first-order valence-electron chi connectivity index (χ1n) is 9.34. The third kappa shape index (κ3) is 2.52. The first-order chi connectivity index (χ1) is 13.2. The van der Waals surface area contributed by atoms with Crippen LogP contribution in [0.3, 0.4) is 0 Å². The summed E-state index contributed by atoms with van der Waals surface area (Å²) in [7, 11) is 0. The summed E-state index contributed by atoms with van der Waals surface area (Å²) in [6, 6.07) is 17.7. The Morgan fingerprint density at radius 2 is 1.78 bits per heavy atom. The van der Waals surface area contributed by atoms with Gasteiger partial charge in [0, 0.05) is 29.5 Å². The van der Waals surface area contributed by atoms with Crippen LogP contribution in [0.2, 0.25) is 0 Å². The summed E-state index contributed by atoms with van der Waals surface area (Å²) in [5.74, 6) is 0.571. The van der Waals surface area contributed by atoms with Crippen LogP contribution in [0, 0.1) is 0 Å². The van der Waals surface area contributed by atoms with Crippen LogP contribution in [-0.2, 0) is 9.59 Å². The third-order valence-corrected chi connectivity index (χ3v) is 5.57.